The van der Waals surface area contributed by atoms with Crippen LogP contribution in [0.25, 0.3) is 10.9 Å². The molecular formula is C26H25N3O4S. The lowest BCUT2D eigenvalue weighted by atomic mass is 9.96. The fourth-order valence-electron chi connectivity index (χ4n) is 4.54. The Morgan fingerprint density at radius 1 is 1.06 bits per heavy atom. The molecule has 8 heteroatoms. The number of carbonyl (C=O) groups excluding carboxylic acids is 3. The fourth-order valence-corrected chi connectivity index (χ4v) is 6.17. The van der Waals surface area contributed by atoms with Crippen molar-refractivity contribution in [3.05, 3.63) is 78.0 Å². The number of rotatable bonds is 6. The van der Waals surface area contributed by atoms with Crippen LogP contribution in [-0.4, -0.2) is 49.9 Å². The van der Waals surface area contributed by atoms with Crippen LogP contribution in [0.2, 0.25) is 0 Å². The SMILES string of the molecule is CC1(C)S[C@@H]2[C@H](NC(=O)Cc3ccccc3)C(=O)N2[C@H]1C(=O)OCc1ccc2ccccc2n1. The molecule has 0 unspecified atom stereocenters. The Hall–Kier alpha value is -3.39. The maximum absolute atomic E-state index is 13.1. The summed E-state index contributed by atoms with van der Waals surface area (Å²) >= 11 is 1.51. The van der Waals surface area contributed by atoms with Crippen molar-refractivity contribution in [3.8, 4) is 0 Å². The van der Waals surface area contributed by atoms with Crippen molar-refractivity contribution in [2.75, 3.05) is 0 Å². The predicted octanol–water partition coefficient (Wildman–Crippen LogP) is 3.07. The van der Waals surface area contributed by atoms with Gasteiger partial charge in [0.05, 0.1) is 17.6 Å². The number of β-lactam (4-membered cyclic amide) rings is 1. The Kier molecular flexibility index (Phi) is 5.77. The predicted molar refractivity (Wildman–Crippen MR) is 130 cm³/mol. The number of para-hydroxylation sites is 1. The van der Waals surface area contributed by atoms with Crippen LogP contribution in [0.15, 0.2) is 66.7 Å². The molecular weight excluding hydrogens is 450 g/mol. The maximum atomic E-state index is 13.1. The standard InChI is InChI=1S/C26H25N3O4S/c1-26(2)22(25(32)33-15-18-13-12-17-10-6-7-11-19(17)27-18)29-23(31)21(24(29)34-26)28-20(30)14-16-8-4-3-5-9-16/h3-13,21-22,24H,14-15H2,1-2H3,(H,28,30)/t21-,22+,24-/m1/s1. The molecule has 7 nitrogen and oxygen atoms in total. The second-order valence-corrected chi connectivity index (χ2v) is 10.8. The van der Waals surface area contributed by atoms with E-state index in [9.17, 15) is 14.4 Å². The van der Waals surface area contributed by atoms with Gasteiger partial charge in [-0.1, -0.05) is 54.6 Å². The van der Waals surface area contributed by atoms with E-state index in [0.29, 0.717) is 5.69 Å². The van der Waals surface area contributed by atoms with Gasteiger partial charge in [-0.3, -0.25) is 9.59 Å². The molecule has 0 spiro atoms. The van der Waals surface area contributed by atoms with E-state index in [0.717, 1.165) is 16.5 Å². The molecule has 2 aliphatic heterocycles. The lowest BCUT2D eigenvalue weighted by molar-refractivity contribution is -0.165. The van der Waals surface area contributed by atoms with Gasteiger partial charge in [-0.15, -0.1) is 11.8 Å². The number of hydrogen-bond acceptors (Lipinski definition) is 6. The molecule has 2 amide bonds. The van der Waals surface area contributed by atoms with E-state index >= 15 is 0 Å². The van der Waals surface area contributed by atoms with Crippen molar-refractivity contribution in [1.29, 1.82) is 0 Å². The number of aromatic nitrogens is 1. The van der Waals surface area contributed by atoms with Gasteiger partial charge in [0.25, 0.3) is 0 Å². The number of benzene rings is 2. The number of thioether (sulfide) groups is 1. The number of esters is 1. The summed E-state index contributed by atoms with van der Waals surface area (Å²) in [6.45, 7) is 3.88. The van der Waals surface area contributed by atoms with Crippen molar-refractivity contribution in [2.24, 2.45) is 0 Å². The van der Waals surface area contributed by atoms with Crippen LogP contribution >= 0.6 is 11.8 Å². The second kappa shape index (κ2) is 8.76. The first kappa shape index (κ1) is 22.4. The van der Waals surface area contributed by atoms with Crippen LogP contribution in [0.3, 0.4) is 0 Å². The molecule has 1 N–H and O–H groups in total. The van der Waals surface area contributed by atoms with Crippen molar-refractivity contribution < 1.29 is 19.1 Å². The first-order valence-corrected chi connectivity index (χ1v) is 12.1. The largest absolute Gasteiger partial charge is 0.458 e. The topological polar surface area (TPSA) is 88.6 Å². The van der Waals surface area contributed by atoms with Crippen LogP contribution in [-0.2, 0) is 32.1 Å². The van der Waals surface area contributed by atoms with E-state index in [2.05, 4.69) is 10.3 Å². The zero-order chi connectivity index (χ0) is 23.9. The van der Waals surface area contributed by atoms with Gasteiger partial charge < -0.3 is 15.0 Å². The number of nitrogens with zero attached hydrogens (tertiary/aromatic N) is 2. The third-order valence-electron chi connectivity index (χ3n) is 6.21. The number of hydrogen-bond donors (Lipinski definition) is 1. The zero-order valence-electron chi connectivity index (χ0n) is 18.9. The number of nitrogens with one attached hydrogen (secondary N) is 1. The molecule has 5 rings (SSSR count). The molecule has 2 aromatic carbocycles. The van der Waals surface area contributed by atoms with Gasteiger partial charge >= 0.3 is 5.97 Å². The Morgan fingerprint density at radius 2 is 1.79 bits per heavy atom. The Balaban J connectivity index is 1.23. The molecule has 3 atom stereocenters. The molecule has 34 heavy (non-hydrogen) atoms. The maximum Gasteiger partial charge on any atom is 0.330 e. The smallest absolute Gasteiger partial charge is 0.330 e. The summed E-state index contributed by atoms with van der Waals surface area (Å²) in [6, 6.07) is 19.5. The monoisotopic (exact) mass is 475 g/mol. The summed E-state index contributed by atoms with van der Waals surface area (Å²) in [5.74, 6) is -0.927. The zero-order valence-corrected chi connectivity index (χ0v) is 19.7. The molecule has 3 aromatic rings. The van der Waals surface area contributed by atoms with Crippen molar-refractivity contribution in [2.45, 2.75) is 49.1 Å². The van der Waals surface area contributed by atoms with Gasteiger partial charge in [-0.2, -0.15) is 0 Å². The highest BCUT2D eigenvalue weighted by Crippen LogP contribution is 2.51. The van der Waals surface area contributed by atoms with E-state index < -0.39 is 22.8 Å². The highest BCUT2D eigenvalue weighted by Gasteiger charge is 2.64. The number of amides is 2. The van der Waals surface area contributed by atoms with Gasteiger partial charge in [-0.05, 0) is 31.5 Å². The minimum Gasteiger partial charge on any atom is -0.458 e. The van der Waals surface area contributed by atoms with Gasteiger partial charge in [0, 0.05) is 10.1 Å². The van der Waals surface area contributed by atoms with Gasteiger partial charge in [0.2, 0.25) is 11.8 Å². The minimum atomic E-state index is -0.724. The lowest BCUT2D eigenvalue weighted by Gasteiger charge is -2.43. The number of carbonyl (C=O) groups is 3. The van der Waals surface area contributed by atoms with Crippen LogP contribution < -0.4 is 5.32 Å². The second-order valence-electron chi connectivity index (χ2n) is 9.07. The molecule has 0 aliphatic carbocycles. The van der Waals surface area contributed by atoms with Crippen molar-refractivity contribution in [3.63, 3.8) is 0 Å². The molecule has 3 heterocycles. The van der Waals surface area contributed by atoms with Crippen LogP contribution in [0.4, 0.5) is 0 Å². The van der Waals surface area contributed by atoms with Crippen molar-refractivity contribution in [1.82, 2.24) is 15.2 Å². The summed E-state index contributed by atoms with van der Waals surface area (Å²) in [5.41, 5.74) is 2.36. The highest BCUT2D eigenvalue weighted by atomic mass is 32.2. The average Bonchev–Trinajstić information content (AvgIpc) is 3.09. The molecule has 174 valence electrons. The third-order valence-corrected chi connectivity index (χ3v) is 7.78. The average molecular weight is 476 g/mol. The summed E-state index contributed by atoms with van der Waals surface area (Å²) < 4.78 is 5.05. The Labute approximate surface area is 201 Å². The lowest BCUT2D eigenvalue weighted by Crippen LogP contribution is -2.70. The minimum absolute atomic E-state index is 0.0326. The van der Waals surface area contributed by atoms with Crippen LogP contribution in [0.1, 0.15) is 25.1 Å². The number of fused-ring (bicyclic) bond motifs is 2. The van der Waals surface area contributed by atoms with Gasteiger partial charge in [-0.25, -0.2) is 9.78 Å². The van der Waals surface area contributed by atoms with Gasteiger partial charge in [0.1, 0.15) is 24.1 Å². The van der Waals surface area contributed by atoms with E-state index in [-0.39, 0.29) is 30.2 Å². The molecule has 0 saturated carbocycles. The van der Waals surface area contributed by atoms with Gasteiger partial charge in [0.15, 0.2) is 0 Å². The third kappa shape index (κ3) is 4.14. The first-order chi connectivity index (χ1) is 16.3. The number of pyridine rings is 1. The summed E-state index contributed by atoms with van der Waals surface area (Å²) in [5, 5.41) is 3.57. The first-order valence-electron chi connectivity index (χ1n) is 11.2. The van der Waals surface area contributed by atoms with Crippen molar-refractivity contribution >= 4 is 40.4 Å². The summed E-state index contributed by atoms with van der Waals surface area (Å²) in [7, 11) is 0. The molecule has 2 aliphatic rings. The Bertz CT molecular complexity index is 1260. The van der Waals surface area contributed by atoms with E-state index in [1.165, 1.54) is 11.8 Å². The molecule has 0 bridgehead atoms. The van der Waals surface area contributed by atoms with E-state index in [1.54, 1.807) is 4.90 Å². The van der Waals surface area contributed by atoms with E-state index in [1.807, 2.05) is 80.6 Å². The molecule has 1 aromatic heterocycles. The summed E-state index contributed by atoms with van der Waals surface area (Å²) in [6.07, 6.45) is 0.204. The van der Waals surface area contributed by atoms with Crippen LogP contribution in [0.5, 0.6) is 0 Å². The quantitative estimate of drug-likeness (QED) is 0.436. The summed E-state index contributed by atoms with van der Waals surface area (Å²) in [4.78, 5) is 44.6. The van der Waals surface area contributed by atoms with Crippen LogP contribution in [0, 0.1) is 0 Å². The Morgan fingerprint density at radius 3 is 2.59 bits per heavy atom. The van der Waals surface area contributed by atoms with E-state index in [4.69, 9.17) is 4.74 Å². The molecule has 2 fully saturated rings. The normalized spacial score (nSPS) is 22.7. The highest BCUT2D eigenvalue weighted by molar-refractivity contribution is 8.01. The number of ether oxygens (including phenoxy) is 1. The molecule has 2 saturated heterocycles. The fraction of sp³-hybridized carbons (Fsp3) is 0.308. The molecule has 0 radical (unpaired) electrons.